The number of fused-ring (bicyclic) bond motifs is 8. The van der Waals surface area contributed by atoms with E-state index in [-0.39, 0.29) is 67.3 Å². The highest BCUT2D eigenvalue weighted by atomic mass is 17.0. The van der Waals surface area contributed by atoms with Gasteiger partial charge in [0.2, 0.25) is 5.70 Å². The molecule has 0 spiro atoms. The first kappa shape index (κ1) is 41.0. The smallest absolute Gasteiger partial charge is 0.308 e. The van der Waals surface area contributed by atoms with Gasteiger partial charge < -0.3 is 4.79 Å². The third-order valence-corrected chi connectivity index (χ3v) is 12.9. The third-order valence-electron chi connectivity index (χ3n) is 12.9. The molecule has 4 aliphatic carbocycles. The van der Waals surface area contributed by atoms with Crippen molar-refractivity contribution in [2.24, 2.45) is 37.8 Å². The predicted molar refractivity (Wildman–Crippen MR) is 212 cm³/mol. The first-order valence-corrected chi connectivity index (χ1v) is 18.1. The number of benzene rings is 2. The van der Waals surface area contributed by atoms with Gasteiger partial charge in [0, 0.05) is 53.6 Å². The molecule has 0 unspecified atom stereocenters. The second-order valence-electron chi connectivity index (χ2n) is 15.4. The molecular formula is C44H52N6O5. The molecule has 9 rings (SSSR count). The number of allylic oxidation sites excluding steroid dienone is 2. The Morgan fingerprint density at radius 2 is 1.27 bits per heavy atom. The molecule has 2 fully saturated rings. The van der Waals surface area contributed by atoms with E-state index in [1.165, 1.54) is 11.1 Å². The lowest BCUT2D eigenvalue weighted by atomic mass is 9.55. The van der Waals surface area contributed by atoms with Gasteiger partial charge in [-0.15, -0.1) is 0 Å². The van der Waals surface area contributed by atoms with Crippen molar-refractivity contribution >= 4 is 11.6 Å². The highest BCUT2D eigenvalue weighted by molar-refractivity contribution is 6.00. The Hall–Kier alpha value is -5.20. The van der Waals surface area contributed by atoms with Crippen LogP contribution in [0.3, 0.4) is 0 Å². The number of aromatic nitrogens is 4. The van der Waals surface area contributed by atoms with Gasteiger partial charge in [-0.25, -0.2) is 11.4 Å². The van der Waals surface area contributed by atoms with Gasteiger partial charge in [0.25, 0.3) is 5.78 Å². The van der Waals surface area contributed by atoms with E-state index >= 15 is 0 Å². The average Bonchev–Trinajstić information content (AvgIpc) is 3.72. The number of hydrogen-bond donors (Lipinski definition) is 2. The van der Waals surface area contributed by atoms with Crippen molar-refractivity contribution in [3.8, 4) is 22.5 Å². The first-order chi connectivity index (χ1) is 25.4. The summed E-state index contributed by atoms with van der Waals surface area (Å²) in [6, 6.07) is 20.6. The minimum absolute atomic E-state index is 0. The molecule has 3 heterocycles. The summed E-state index contributed by atoms with van der Waals surface area (Å²) in [6.45, 7) is 23.2. The Kier molecular flexibility index (Phi) is 11.0. The molecule has 1 aliphatic heterocycles. The number of aryl methyl sites for hydroxylation is 2. The minimum Gasteiger partial charge on any atom is -0.308 e. The second-order valence-corrected chi connectivity index (χ2v) is 15.4. The topological polar surface area (TPSA) is 131 Å². The summed E-state index contributed by atoms with van der Waals surface area (Å²) in [5.41, 5.74) is 7.40. The number of carbonyl (C=O) groups excluding carboxylic acids is 2. The molecule has 4 aromatic rings. The molecule has 0 amide bonds. The number of rotatable bonds is 2. The van der Waals surface area contributed by atoms with E-state index in [1.54, 1.807) is 0 Å². The van der Waals surface area contributed by atoms with Crippen LogP contribution in [-0.4, -0.2) is 53.5 Å². The highest BCUT2D eigenvalue weighted by Gasteiger charge is 2.83. The molecule has 2 N–H and O–H groups in total. The molecule has 1 saturated heterocycles. The van der Waals surface area contributed by atoms with Crippen molar-refractivity contribution in [1.82, 2.24) is 19.6 Å². The fourth-order valence-corrected chi connectivity index (χ4v) is 10.3. The summed E-state index contributed by atoms with van der Waals surface area (Å²) in [5, 5.41) is 21.8. The van der Waals surface area contributed by atoms with Crippen LogP contribution in [-0.2, 0) is 52.1 Å². The quantitative estimate of drug-likeness (QED) is 0.0913. The van der Waals surface area contributed by atoms with Gasteiger partial charge in [0.05, 0.1) is 34.8 Å². The van der Waals surface area contributed by atoms with Crippen LogP contribution in [0.1, 0.15) is 77.9 Å². The van der Waals surface area contributed by atoms with Gasteiger partial charge in [0.1, 0.15) is 0 Å². The van der Waals surface area contributed by atoms with Crippen LogP contribution in [0.4, 0.5) is 0 Å². The maximum atomic E-state index is 12.8. The zero-order chi connectivity index (χ0) is 38.0. The van der Waals surface area contributed by atoms with E-state index in [9.17, 15) is 9.59 Å². The summed E-state index contributed by atoms with van der Waals surface area (Å²) < 4.78 is 9.74. The number of epoxide rings is 1. The lowest BCUT2D eigenvalue weighted by Crippen LogP contribution is -2.55. The van der Waals surface area contributed by atoms with Gasteiger partial charge in [-0.1, -0.05) is 109 Å². The fraction of sp³-hybridized carbons (Fsp3) is 0.455. The molecule has 8 atom stereocenters. The second kappa shape index (κ2) is 14.8. The standard InChI is InChI=1S/C21H21N3O2.C21H21N3O.2CH4.H2O2/c1-12-15-11-10-14-16(13-8-6-5-7-9-13)24(4)23-17(14)20(15,2)19-21(22-3,26-19)18(12)25;1-13-16-11-10-15-18(14-8-6-5-7-9-14)24(4)23-20(15)21(16,2)12-17(22-3)19(13)25;;;1-2/h5-9,12,15,19H,10-11H2,1-2,4H3;5-9,12-13,16H,10-11H2,1-2,4H3;2*1H4;1-2H/t12-,15-,19+,20-,21-;13-,16-,21-;;;/m00.../s1. The van der Waals surface area contributed by atoms with Crippen LogP contribution >= 0.6 is 0 Å². The van der Waals surface area contributed by atoms with Crippen LogP contribution in [0.2, 0.25) is 0 Å². The lowest BCUT2D eigenvalue weighted by Gasteiger charge is -2.44. The molecule has 55 heavy (non-hydrogen) atoms. The molecule has 2 aromatic heterocycles. The number of Topliss-reactive ketones (excluding diaryl/α,β-unsaturated/α-hetero) is 2. The molecule has 5 aliphatic rings. The molecule has 0 bridgehead atoms. The number of ether oxygens (including phenoxy) is 1. The van der Waals surface area contributed by atoms with Gasteiger partial charge in [0.15, 0.2) is 11.9 Å². The molecule has 11 nitrogen and oxygen atoms in total. The van der Waals surface area contributed by atoms with E-state index in [0.717, 1.165) is 59.6 Å². The normalized spacial score (nSPS) is 30.4. The Morgan fingerprint density at radius 1 is 0.782 bits per heavy atom. The van der Waals surface area contributed by atoms with Crippen LogP contribution in [0.15, 0.2) is 72.4 Å². The average molecular weight is 745 g/mol. The van der Waals surface area contributed by atoms with Gasteiger partial charge >= 0.3 is 5.72 Å². The van der Waals surface area contributed by atoms with Crippen molar-refractivity contribution in [2.45, 2.75) is 90.9 Å². The summed E-state index contributed by atoms with van der Waals surface area (Å²) in [6.07, 6.45) is 5.21. The highest BCUT2D eigenvalue weighted by Crippen LogP contribution is 2.63. The van der Waals surface area contributed by atoms with Crippen molar-refractivity contribution in [3.63, 3.8) is 0 Å². The number of hydrogen-bond acceptors (Lipinski definition) is 7. The Morgan fingerprint density at radius 3 is 1.78 bits per heavy atom. The van der Waals surface area contributed by atoms with Crippen LogP contribution in [0.5, 0.6) is 0 Å². The van der Waals surface area contributed by atoms with Gasteiger partial charge in [-0.2, -0.15) is 10.2 Å². The molecule has 0 radical (unpaired) electrons. The van der Waals surface area contributed by atoms with E-state index in [4.69, 9.17) is 38.6 Å². The SMILES string of the molecule is C.C.OO.[C-]#[N+]C1=C[C@]2(C)c3nn(C)c(-c4ccccc4)c3CC[C@H]2[C@H](C)C1=O.[C-]#[N+][C@@]12O[C@@H]1[C@]1(C)c3nn(C)c(-c4ccccc4)c3CC[C@H]1[C@H](C)C2=O. The molecular weight excluding hydrogens is 693 g/mol. The largest absolute Gasteiger partial charge is 0.424 e. The summed E-state index contributed by atoms with van der Waals surface area (Å²) in [5.74, 6) is 0.0142. The van der Waals surface area contributed by atoms with Crippen LogP contribution < -0.4 is 0 Å². The third kappa shape index (κ3) is 5.80. The van der Waals surface area contributed by atoms with E-state index in [1.807, 2.05) is 79.8 Å². The first-order valence-electron chi connectivity index (χ1n) is 18.1. The Labute approximate surface area is 324 Å². The Balaban J connectivity index is 0.000000195. The number of carbonyl (C=O) groups is 2. The maximum absolute atomic E-state index is 12.8. The zero-order valence-corrected chi connectivity index (χ0v) is 30.9. The van der Waals surface area contributed by atoms with Gasteiger partial charge in [-0.3, -0.25) is 34.3 Å². The van der Waals surface area contributed by atoms with E-state index in [0.29, 0.717) is 0 Å². The summed E-state index contributed by atoms with van der Waals surface area (Å²) in [4.78, 5) is 32.3. The predicted octanol–water partition coefficient (Wildman–Crippen LogP) is 8.36. The number of nitrogens with zero attached hydrogens (tertiary/aromatic N) is 6. The lowest BCUT2D eigenvalue weighted by molar-refractivity contribution is -0.176. The molecule has 288 valence electrons. The van der Waals surface area contributed by atoms with Crippen LogP contribution in [0, 0.1) is 36.8 Å². The van der Waals surface area contributed by atoms with Gasteiger partial charge in [-0.05, 0) is 37.5 Å². The fourth-order valence-electron chi connectivity index (χ4n) is 10.3. The Bertz CT molecular complexity index is 2230. The maximum Gasteiger partial charge on any atom is 0.424 e. The molecule has 1 saturated carbocycles. The van der Waals surface area contributed by atoms with E-state index in [2.05, 4.69) is 47.8 Å². The summed E-state index contributed by atoms with van der Waals surface area (Å²) >= 11 is 0. The minimum atomic E-state index is -1.27. The number of ketones is 2. The summed E-state index contributed by atoms with van der Waals surface area (Å²) in [7, 11) is 3.96. The van der Waals surface area contributed by atoms with Crippen molar-refractivity contribution in [2.75, 3.05) is 0 Å². The van der Waals surface area contributed by atoms with Crippen molar-refractivity contribution in [3.05, 3.63) is 118 Å². The zero-order valence-electron chi connectivity index (χ0n) is 30.9. The molecule has 11 heteroatoms. The van der Waals surface area contributed by atoms with E-state index < -0.39 is 11.1 Å². The van der Waals surface area contributed by atoms with Crippen molar-refractivity contribution < 1.29 is 24.8 Å². The van der Waals surface area contributed by atoms with Crippen LogP contribution in [0.25, 0.3) is 32.2 Å². The van der Waals surface area contributed by atoms with Crippen molar-refractivity contribution in [1.29, 1.82) is 0 Å². The molecule has 2 aromatic carbocycles. The monoisotopic (exact) mass is 744 g/mol.